The number of aromatic nitrogens is 4. The highest BCUT2D eigenvalue weighted by atomic mass is 15.0. The third-order valence-electron chi connectivity index (χ3n) is 2.97. The minimum absolute atomic E-state index is 0.709. The molecule has 0 amide bonds. The molecule has 0 spiro atoms. The van der Waals surface area contributed by atoms with Crippen molar-refractivity contribution in [2.75, 3.05) is 0 Å². The number of hydrogen-bond acceptors (Lipinski definition) is 4. The highest BCUT2D eigenvalue weighted by Gasteiger charge is 2.19. The fourth-order valence-corrected chi connectivity index (χ4v) is 2.18. The van der Waals surface area contributed by atoms with Gasteiger partial charge in [-0.05, 0) is 6.42 Å². The Kier molecular flexibility index (Phi) is 2.60. The van der Waals surface area contributed by atoms with Gasteiger partial charge >= 0.3 is 0 Å². The van der Waals surface area contributed by atoms with Crippen molar-refractivity contribution in [2.24, 2.45) is 0 Å². The predicted molar refractivity (Wildman–Crippen MR) is 64.2 cm³/mol. The van der Waals surface area contributed by atoms with Crippen LogP contribution in [0.25, 0.3) is 11.6 Å². The number of hydrogen-bond donors (Lipinski definition) is 2. The van der Waals surface area contributed by atoms with E-state index in [1.54, 1.807) is 12.4 Å². The van der Waals surface area contributed by atoms with Crippen LogP contribution in [-0.2, 0) is 19.5 Å². The predicted octanol–water partition coefficient (Wildman–Crippen LogP) is 1.42. The van der Waals surface area contributed by atoms with Crippen LogP contribution in [0.4, 0.5) is 0 Å². The molecule has 3 rings (SSSR count). The summed E-state index contributed by atoms with van der Waals surface area (Å²) in [5.74, 6) is 1.46. The number of aryl methyl sites for hydroxylation is 1. The molecular weight excluding hydrogens is 214 g/mol. The quantitative estimate of drug-likeness (QED) is 0.835. The summed E-state index contributed by atoms with van der Waals surface area (Å²) in [7, 11) is 0. The molecule has 17 heavy (non-hydrogen) atoms. The van der Waals surface area contributed by atoms with Gasteiger partial charge < -0.3 is 10.3 Å². The van der Waals surface area contributed by atoms with E-state index in [9.17, 15) is 0 Å². The summed E-state index contributed by atoms with van der Waals surface area (Å²) in [4.78, 5) is 16.5. The van der Waals surface area contributed by atoms with Gasteiger partial charge in [-0.2, -0.15) is 0 Å². The standard InChI is InChI=1S/C12H15N5/c1-2-3-9-8-6-13-7-10(8)17-12(16-9)11-14-4-5-15-11/h4-5,13H,2-3,6-7H2,1H3,(H,14,15). The lowest BCUT2D eigenvalue weighted by Crippen LogP contribution is -2.04. The Hall–Kier alpha value is -1.75. The summed E-state index contributed by atoms with van der Waals surface area (Å²) in [5, 5.41) is 3.33. The van der Waals surface area contributed by atoms with Crippen LogP contribution in [0.3, 0.4) is 0 Å². The zero-order valence-electron chi connectivity index (χ0n) is 9.82. The molecule has 0 unspecified atom stereocenters. The van der Waals surface area contributed by atoms with E-state index in [2.05, 4.69) is 32.2 Å². The molecular formula is C12H15N5. The molecule has 3 heterocycles. The second kappa shape index (κ2) is 4.25. The first-order valence-electron chi connectivity index (χ1n) is 5.97. The molecule has 0 aromatic carbocycles. The van der Waals surface area contributed by atoms with Gasteiger partial charge in [0.25, 0.3) is 0 Å². The molecule has 0 atom stereocenters. The second-order valence-electron chi connectivity index (χ2n) is 4.21. The Morgan fingerprint density at radius 2 is 2.24 bits per heavy atom. The van der Waals surface area contributed by atoms with Crippen LogP contribution in [0.5, 0.6) is 0 Å². The van der Waals surface area contributed by atoms with E-state index in [1.165, 1.54) is 5.56 Å². The smallest absolute Gasteiger partial charge is 0.196 e. The average Bonchev–Trinajstić information content (AvgIpc) is 3.00. The zero-order valence-corrected chi connectivity index (χ0v) is 9.82. The van der Waals surface area contributed by atoms with E-state index in [0.29, 0.717) is 5.82 Å². The normalized spacial score (nSPS) is 13.9. The topological polar surface area (TPSA) is 66.5 Å². The Bertz CT molecular complexity index is 518. The van der Waals surface area contributed by atoms with Gasteiger partial charge in [0.1, 0.15) is 0 Å². The molecule has 0 bridgehead atoms. The number of nitrogens with one attached hydrogen (secondary N) is 2. The van der Waals surface area contributed by atoms with Crippen LogP contribution in [0, 0.1) is 0 Å². The molecule has 0 saturated heterocycles. The van der Waals surface area contributed by atoms with Crippen molar-refractivity contribution in [3.05, 3.63) is 29.3 Å². The maximum atomic E-state index is 4.63. The molecule has 0 saturated carbocycles. The molecule has 0 aliphatic carbocycles. The molecule has 2 N–H and O–H groups in total. The van der Waals surface area contributed by atoms with E-state index in [1.807, 2.05) is 0 Å². The average molecular weight is 229 g/mol. The van der Waals surface area contributed by atoms with Crippen molar-refractivity contribution in [2.45, 2.75) is 32.9 Å². The number of fused-ring (bicyclic) bond motifs is 1. The largest absolute Gasteiger partial charge is 0.342 e. The molecule has 5 heteroatoms. The first-order chi connectivity index (χ1) is 8.38. The van der Waals surface area contributed by atoms with Crippen LogP contribution >= 0.6 is 0 Å². The third-order valence-corrected chi connectivity index (χ3v) is 2.97. The molecule has 88 valence electrons. The second-order valence-corrected chi connectivity index (χ2v) is 4.21. The highest BCUT2D eigenvalue weighted by Crippen LogP contribution is 2.21. The summed E-state index contributed by atoms with van der Waals surface area (Å²) in [5.41, 5.74) is 3.56. The number of nitrogens with zero attached hydrogens (tertiary/aromatic N) is 3. The Morgan fingerprint density at radius 3 is 3.00 bits per heavy atom. The fourth-order valence-electron chi connectivity index (χ4n) is 2.18. The van der Waals surface area contributed by atoms with Gasteiger partial charge in [0.2, 0.25) is 0 Å². The van der Waals surface area contributed by atoms with E-state index in [4.69, 9.17) is 0 Å². The third kappa shape index (κ3) is 1.82. The van der Waals surface area contributed by atoms with Gasteiger partial charge in [-0.3, -0.25) is 0 Å². The van der Waals surface area contributed by atoms with Gasteiger partial charge in [-0.15, -0.1) is 0 Å². The maximum Gasteiger partial charge on any atom is 0.196 e. The van der Waals surface area contributed by atoms with Crippen molar-refractivity contribution in [3.63, 3.8) is 0 Å². The van der Waals surface area contributed by atoms with Gasteiger partial charge in [-0.1, -0.05) is 13.3 Å². The summed E-state index contributed by atoms with van der Waals surface area (Å²) in [6.45, 7) is 3.90. The van der Waals surface area contributed by atoms with Crippen molar-refractivity contribution in [1.82, 2.24) is 25.3 Å². The maximum absolute atomic E-state index is 4.63. The van der Waals surface area contributed by atoms with Gasteiger partial charge in [0.15, 0.2) is 11.6 Å². The minimum atomic E-state index is 0.709. The van der Waals surface area contributed by atoms with E-state index in [0.717, 1.165) is 43.1 Å². The number of rotatable bonds is 3. The van der Waals surface area contributed by atoms with Crippen LogP contribution in [0.15, 0.2) is 12.4 Å². The zero-order chi connectivity index (χ0) is 11.7. The molecule has 5 nitrogen and oxygen atoms in total. The van der Waals surface area contributed by atoms with Crippen molar-refractivity contribution < 1.29 is 0 Å². The lowest BCUT2D eigenvalue weighted by Gasteiger charge is -2.07. The molecule has 0 fully saturated rings. The van der Waals surface area contributed by atoms with Crippen LogP contribution in [0.2, 0.25) is 0 Å². The van der Waals surface area contributed by atoms with Gasteiger partial charge in [0.05, 0.1) is 5.69 Å². The van der Waals surface area contributed by atoms with Crippen molar-refractivity contribution in [1.29, 1.82) is 0 Å². The molecule has 0 radical (unpaired) electrons. The Morgan fingerprint density at radius 1 is 1.29 bits per heavy atom. The van der Waals surface area contributed by atoms with Crippen molar-refractivity contribution in [3.8, 4) is 11.6 Å². The van der Waals surface area contributed by atoms with Crippen LogP contribution in [-0.4, -0.2) is 19.9 Å². The Labute approximate surface area is 99.7 Å². The lowest BCUT2D eigenvalue weighted by atomic mass is 10.1. The molecule has 2 aromatic rings. The summed E-state index contributed by atoms with van der Waals surface area (Å²) in [6, 6.07) is 0. The summed E-state index contributed by atoms with van der Waals surface area (Å²) in [6.07, 6.45) is 5.62. The number of aromatic amines is 1. The molecule has 1 aliphatic heterocycles. The van der Waals surface area contributed by atoms with Gasteiger partial charge in [0, 0.05) is 36.7 Å². The van der Waals surface area contributed by atoms with Crippen LogP contribution in [0.1, 0.15) is 30.3 Å². The lowest BCUT2D eigenvalue weighted by molar-refractivity contribution is 0.753. The number of imidazole rings is 1. The van der Waals surface area contributed by atoms with E-state index >= 15 is 0 Å². The minimum Gasteiger partial charge on any atom is -0.342 e. The molecule has 1 aliphatic rings. The van der Waals surface area contributed by atoms with E-state index < -0.39 is 0 Å². The van der Waals surface area contributed by atoms with Crippen LogP contribution < -0.4 is 5.32 Å². The van der Waals surface area contributed by atoms with Crippen molar-refractivity contribution >= 4 is 0 Å². The molecule has 2 aromatic heterocycles. The highest BCUT2D eigenvalue weighted by molar-refractivity contribution is 5.46. The first kappa shape index (κ1) is 10.4. The van der Waals surface area contributed by atoms with Gasteiger partial charge in [-0.25, -0.2) is 15.0 Å². The SMILES string of the molecule is CCCc1nc(-c2ncc[nH]2)nc2c1CNC2. The summed E-state index contributed by atoms with van der Waals surface area (Å²) < 4.78 is 0. The van der Waals surface area contributed by atoms with E-state index in [-0.39, 0.29) is 0 Å². The monoisotopic (exact) mass is 229 g/mol. The number of H-pyrrole nitrogens is 1. The first-order valence-corrected chi connectivity index (χ1v) is 5.97. The Balaban J connectivity index is 2.09. The summed E-state index contributed by atoms with van der Waals surface area (Å²) >= 11 is 0. The fraction of sp³-hybridized carbons (Fsp3) is 0.417.